The summed E-state index contributed by atoms with van der Waals surface area (Å²) in [6.45, 7) is 4.88. The number of carbonyl (C=O) groups excluding carboxylic acids is 1. The van der Waals surface area contributed by atoms with E-state index in [1.807, 2.05) is 4.90 Å². The van der Waals surface area contributed by atoms with E-state index in [0.29, 0.717) is 25.3 Å². The number of phenols is 1. The largest absolute Gasteiger partial charge is 0.508 e. The fourth-order valence-electron chi connectivity index (χ4n) is 4.26. The number of rotatable bonds is 4. The number of morpholine rings is 1. The van der Waals surface area contributed by atoms with E-state index in [4.69, 9.17) is 4.74 Å². The summed E-state index contributed by atoms with van der Waals surface area (Å²) in [7, 11) is 0. The van der Waals surface area contributed by atoms with Crippen molar-refractivity contribution in [2.45, 2.75) is 24.9 Å². The van der Waals surface area contributed by atoms with Gasteiger partial charge in [0.05, 0.1) is 18.8 Å². The van der Waals surface area contributed by atoms with E-state index in [2.05, 4.69) is 35.2 Å². The van der Waals surface area contributed by atoms with Gasteiger partial charge >= 0.3 is 0 Å². The van der Waals surface area contributed by atoms with E-state index in [0.717, 1.165) is 38.9 Å². The lowest BCUT2D eigenvalue weighted by Crippen LogP contribution is -2.58. The number of halogens is 1. The van der Waals surface area contributed by atoms with Gasteiger partial charge in [0.15, 0.2) is 0 Å². The van der Waals surface area contributed by atoms with Crippen molar-refractivity contribution in [3.05, 3.63) is 65.7 Å². The standard InChI is InChI=1S/C23H28N2O3.ClH/c26-21-8-4-7-20(17-21)22(27)25-15-16-28-23(18-25)10-13-24(14-11-23)12-9-19-5-2-1-3-6-19;/h1-8,17,26H,9-16,18H2;1H. The van der Waals surface area contributed by atoms with Crippen molar-refractivity contribution in [2.75, 3.05) is 39.3 Å². The quantitative estimate of drug-likeness (QED) is 0.830. The van der Waals surface area contributed by atoms with Gasteiger partial charge in [0.25, 0.3) is 5.91 Å². The number of likely N-dealkylation sites (tertiary alicyclic amines) is 1. The second-order valence-electron chi connectivity index (χ2n) is 7.89. The van der Waals surface area contributed by atoms with Crippen molar-refractivity contribution < 1.29 is 14.6 Å². The SMILES string of the molecule is Cl.O=C(c1cccc(O)c1)N1CCOC2(CCN(CCc3ccccc3)CC2)C1. The number of ether oxygens (including phenoxy) is 1. The molecule has 5 nitrogen and oxygen atoms in total. The summed E-state index contributed by atoms with van der Waals surface area (Å²) in [5.74, 6) is 0.102. The molecule has 0 bridgehead atoms. The van der Waals surface area contributed by atoms with E-state index >= 15 is 0 Å². The molecule has 2 aliphatic heterocycles. The van der Waals surface area contributed by atoms with Gasteiger partial charge in [-0.15, -0.1) is 12.4 Å². The van der Waals surface area contributed by atoms with Crippen LogP contribution in [0.2, 0.25) is 0 Å². The Morgan fingerprint density at radius 1 is 1.03 bits per heavy atom. The van der Waals surface area contributed by atoms with Crippen LogP contribution < -0.4 is 0 Å². The van der Waals surface area contributed by atoms with Gasteiger partial charge in [0, 0.05) is 31.7 Å². The Kier molecular flexibility index (Phi) is 7.17. The van der Waals surface area contributed by atoms with Crippen LogP contribution in [0.4, 0.5) is 0 Å². The van der Waals surface area contributed by atoms with Crippen molar-refractivity contribution in [1.82, 2.24) is 9.80 Å². The molecule has 0 saturated carbocycles. The number of carbonyl (C=O) groups is 1. The van der Waals surface area contributed by atoms with Gasteiger partial charge in [-0.2, -0.15) is 0 Å². The number of aromatic hydroxyl groups is 1. The predicted molar refractivity (Wildman–Crippen MR) is 116 cm³/mol. The summed E-state index contributed by atoms with van der Waals surface area (Å²) in [4.78, 5) is 17.2. The van der Waals surface area contributed by atoms with E-state index in [-0.39, 0.29) is 29.7 Å². The molecule has 156 valence electrons. The first-order valence-corrected chi connectivity index (χ1v) is 10.1. The van der Waals surface area contributed by atoms with E-state index in [1.54, 1.807) is 18.2 Å². The minimum absolute atomic E-state index is 0. The third-order valence-corrected chi connectivity index (χ3v) is 5.96. The number of hydrogen-bond donors (Lipinski definition) is 1. The molecule has 1 spiro atoms. The molecule has 6 heteroatoms. The highest BCUT2D eigenvalue weighted by Gasteiger charge is 2.41. The Bertz CT molecular complexity index is 807. The zero-order valence-electron chi connectivity index (χ0n) is 16.6. The lowest BCUT2D eigenvalue weighted by Gasteiger charge is -2.47. The predicted octanol–water partition coefficient (Wildman–Crippen LogP) is 3.36. The third-order valence-electron chi connectivity index (χ3n) is 5.96. The average Bonchev–Trinajstić information content (AvgIpc) is 2.74. The maximum Gasteiger partial charge on any atom is 0.254 e. The Labute approximate surface area is 178 Å². The van der Waals surface area contributed by atoms with Gasteiger partial charge < -0.3 is 19.6 Å². The summed E-state index contributed by atoms with van der Waals surface area (Å²) in [6, 6.07) is 17.2. The molecule has 2 fully saturated rings. The fourth-order valence-corrected chi connectivity index (χ4v) is 4.26. The normalized spacial score (nSPS) is 19.0. The monoisotopic (exact) mass is 416 g/mol. The zero-order chi connectivity index (χ0) is 19.4. The van der Waals surface area contributed by atoms with Crippen molar-refractivity contribution in [3.63, 3.8) is 0 Å². The van der Waals surface area contributed by atoms with Crippen LogP contribution in [0.5, 0.6) is 5.75 Å². The molecule has 2 aliphatic rings. The van der Waals surface area contributed by atoms with Crippen LogP contribution in [-0.2, 0) is 11.2 Å². The highest BCUT2D eigenvalue weighted by atomic mass is 35.5. The first-order chi connectivity index (χ1) is 13.6. The van der Waals surface area contributed by atoms with Crippen molar-refractivity contribution in [3.8, 4) is 5.75 Å². The van der Waals surface area contributed by atoms with Crippen LogP contribution in [0.15, 0.2) is 54.6 Å². The van der Waals surface area contributed by atoms with Gasteiger partial charge in [0.1, 0.15) is 5.75 Å². The molecule has 2 heterocycles. The fraction of sp³-hybridized carbons (Fsp3) is 0.435. The number of phenolic OH excluding ortho intramolecular Hbond substituents is 1. The Morgan fingerprint density at radius 3 is 2.52 bits per heavy atom. The molecule has 1 N–H and O–H groups in total. The second-order valence-corrected chi connectivity index (χ2v) is 7.89. The van der Waals surface area contributed by atoms with Crippen LogP contribution >= 0.6 is 12.4 Å². The van der Waals surface area contributed by atoms with Crippen molar-refractivity contribution in [2.24, 2.45) is 0 Å². The zero-order valence-corrected chi connectivity index (χ0v) is 17.4. The summed E-state index contributed by atoms with van der Waals surface area (Å²) >= 11 is 0. The molecule has 2 aromatic carbocycles. The summed E-state index contributed by atoms with van der Waals surface area (Å²) < 4.78 is 6.19. The molecular weight excluding hydrogens is 388 g/mol. The summed E-state index contributed by atoms with van der Waals surface area (Å²) in [5, 5.41) is 9.66. The van der Waals surface area contributed by atoms with Gasteiger partial charge in [-0.25, -0.2) is 0 Å². The maximum absolute atomic E-state index is 12.9. The van der Waals surface area contributed by atoms with E-state index in [9.17, 15) is 9.90 Å². The molecular formula is C23H29ClN2O3. The minimum Gasteiger partial charge on any atom is -0.508 e. The van der Waals surface area contributed by atoms with Crippen LogP contribution in [0.1, 0.15) is 28.8 Å². The van der Waals surface area contributed by atoms with Crippen molar-refractivity contribution in [1.29, 1.82) is 0 Å². The molecule has 0 unspecified atom stereocenters. The molecule has 2 aromatic rings. The van der Waals surface area contributed by atoms with Crippen LogP contribution in [0, 0.1) is 0 Å². The topological polar surface area (TPSA) is 53.0 Å². The molecule has 0 aromatic heterocycles. The molecule has 0 atom stereocenters. The first kappa shape index (κ1) is 21.6. The third kappa shape index (κ3) is 5.30. The molecule has 2 saturated heterocycles. The van der Waals surface area contributed by atoms with E-state index in [1.165, 1.54) is 11.6 Å². The van der Waals surface area contributed by atoms with Gasteiger partial charge in [-0.1, -0.05) is 36.4 Å². The number of benzene rings is 2. The van der Waals surface area contributed by atoms with Gasteiger partial charge in [-0.3, -0.25) is 4.79 Å². The van der Waals surface area contributed by atoms with Crippen LogP contribution in [0.25, 0.3) is 0 Å². The summed E-state index contributed by atoms with van der Waals surface area (Å²) in [5.41, 5.74) is 1.69. The van der Waals surface area contributed by atoms with E-state index < -0.39 is 0 Å². The van der Waals surface area contributed by atoms with Gasteiger partial charge in [0.2, 0.25) is 0 Å². The van der Waals surface area contributed by atoms with Crippen molar-refractivity contribution >= 4 is 18.3 Å². The van der Waals surface area contributed by atoms with Crippen LogP contribution in [-0.4, -0.2) is 65.7 Å². The highest BCUT2D eigenvalue weighted by Crippen LogP contribution is 2.31. The molecule has 1 amide bonds. The van der Waals surface area contributed by atoms with Crippen LogP contribution in [0.3, 0.4) is 0 Å². The number of piperidine rings is 1. The smallest absolute Gasteiger partial charge is 0.254 e. The Hall–Kier alpha value is -2.08. The minimum atomic E-state index is -0.228. The molecule has 0 radical (unpaired) electrons. The Balaban J connectivity index is 0.00000240. The number of amides is 1. The highest BCUT2D eigenvalue weighted by molar-refractivity contribution is 5.94. The maximum atomic E-state index is 12.9. The lowest BCUT2D eigenvalue weighted by atomic mass is 9.89. The number of nitrogens with zero attached hydrogens (tertiary/aromatic N) is 2. The average molecular weight is 417 g/mol. The Morgan fingerprint density at radius 2 is 1.79 bits per heavy atom. The molecule has 4 rings (SSSR count). The molecule has 0 aliphatic carbocycles. The second kappa shape index (κ2) is 9.61. The summed E-state index contributed by atoms with van der Waals surface area (Å²) in [6.07, 6.45) is 2.97. The number of hydrogen-bond acceptors (Lipinski definition) is 4. The van der Waals surface area contributed by atoms with Gasteiger partial charge in [-0.05, 0) is 43.0 Å². The lowest BCUT2D eigenvalue weighted by molar-refractivity contribution is -0.127. The first-order valence-electron chi connectivity index (χ1n) is 10.1. The molecule has 29 heavy (non-hydrogen) atoms.